The van der Waals surface area contributed by atoms with E-state index in [0.717, 1.165) is 16.9 Å². The molecule has 1 nitrogen and oxygen atoms in total. The van der Waals surface area contributed by atoms with Crippen LogP contribution in [0, 0.1) is 6.92 Å². The third kappa shape index (κ3) is 1.94. The molecule has 0 saturated carbocycles. The van der Waals surface area contributed by atoms with Crippen molar-refractivity contribution >= 4 is 22.9 Å². The second kappa shape index (κ2) is 3.68. The van der Waals surface area contributed by atoms with E-state index in [1.54, 1.807) is 6.92 Å². The van der Waals surface area contributed by atoms with Crippen LogP contribution in [0.2, 0.25) is 4.34 Å². The highest BCUT2D eigenvalue weighted by atomic mass is 35.5. The molecule has 1 aromatic heterocycles. The predicted octanol–water partition coefficient (Wildman–Crippen LogP) is 3.01. The van der Waals surface area contributed by atoms with Crippen molar-refractivity contribution in [2.75, 3.05) is 0 Å². The van der Waals surface area contributed by atoms with Crippen molar-refractivity contribution in [3.63, 3.8) is 0 Å². The third-order valence-corrected chi connectivity index (χ3v) is 3.03. The molecule has 12 heavy (non-hydrogen) atoms. The fourth-order valence-electron chi connectivity index (χ4n) is 0.753. The summed E-state index contributed by atoms with van der Waals surface area (Å²) in [5.74, 6) is 0. The van der Waals surface area contributed by atoms with Crippen LogP contribution in [-0.4, -0.2) is 11.5 Å². The van der Waals surface area contributed by atoms with Gasteiger partial charge in [-0.15, -0.1) is 11.3 Å². The van der Waals surface area contributed by atoms with E-state index in [2.05, 4.69) is 0 Å². The maximum absolute atomic E-state index is 12.0. The van der Waals surface area contributed by atoms with Gasteiger partial charge in [-0.1, -0.05) is 11.6 Å². The first-order valence-corrected chi connectivity index (χ1v) is 4.44. The second-order valence-electron chi connectivity index (χ2n) is 2.38. The van der Waals surface area contributed by atoms with Crippen molar-refractivity contribution < 1.29 is 13.9 Å². The van der Waals surface area contributed by atoms with E-state index in [1.165, 1.54) is 6.07 Å². The summed E-state index contributed by atoms with van der Waals surface area (Å²) >= 11 is 6.63. The molecule has 0 radical (unpaired) electrons. The molecule has 68 valence electrons. The summed E-state index contributed by atoms with van der Waals surface area (Å²) < 4.78 is 24.4. The summed E-state index contributed by atoms with van der Waals surface area (Å²) in [4.78, 5) is 0.215. The molecule has 0 aromatic carbocycles. The fourth-order valence-corrected chi connectivity index (χ4v) is 1.96. The summed E-state index contributed by atoms with van der Waals surface area (Å²) in [5, 5.41) is 8.94. The van der Waals surface area contributed by atoms with Gasteiger partial charge in [0.15, 0.2) is 0 Å². The first-order valence-electron chi connectivity index (χ1n) is 3.24. The van der Waals surface area contributed by atoms with Gasteiger partial charge in [0.2, 0.25) is 0 Å². The van der Waals surface area contributed by atoms with Crippen LogP contribution in [-0.2, 0) is 0 Å². The monoisotopic (exact) mass is 212 g/mol. The standard InChI is InChI=1S/C7H7ClF2OS/c1-3-2-4(12-6(3)8)5(11)7(9)10/h2,5,7,11H,1H3. The van der Waals surface area contributed by atoms with Crippen LogP contribution in [0.25, 0.3) is 0 Å². The average molecular weight is 213 g/mol. The van der Waals surface area contributed by atoms with Crippen LogP contribution in [0.15, 0.2) is 6.07 Å². The van der Waals surface area contributed by atoms with E-state index in [4.69, 9.17) is 16.7 Å². The Balaban J connectivity index is 2.89. The molecule has 0 spiro atoms. The van der Waals surface area contributed by atoms with Crippen LogP contribution >= 0.6 is 22.9 Å². The highest BCUT2D eigenvalue weighted by Gasteiger charge is 2.21. The lowest BCUT2D eigenvalue weighted by Crippen LogP contribution is -2.05. The van der Waals surface area contributed by atoms with Gasteiger partial charge < -0.3 is 5.11 Å². The molecular weight excluding hydrogens is 206 g/mol. The summed E-state index contributed by atoms with van der Waals surface area (Å²) in [6.45, 7) is 1.71. The summed E-state index contributed by atoms with van der Waals surface area (Å²) in [6, 6.07) is 1.48. The number of rotatable bonds is 2. The lowest BCUT2D eigenvalue weighted by Gasteiger charge is -2.04. The van der Waals surface area contributed by atoms with E-state index in [9.17, 15) is 8.78 Å². The molecule has 0 aliphatic carbocycles. The minimum atomic E-state index is -2.75. The molecule has 5 heteroatoms. The average Bonchev–Trinajstić information content (AvgIpc) is 2.30. The topological polar surface area (TPSA) is 20.2 Å². The number of alkyl halides is 2. The van der Waals surface area contributed by atoms with Crippen molar-refractivity contribution in [2.45, 2.75) is 19.5 Å². The molecule has 0 amide bonds. The summed E-state index contributed by atoms with van der Waals surface area (Å²) in [5.41, 5.74) is 0.719. The van der Waals surface area contributed by atoms with E-state index in [1.807, 2.05) is 0 Å². The van der Waals surface area contributed by atoms with Crippen molar-refractivity contribution in [3.8, 4) is 0 Å². The Labute approximate surface area is 77.6 Å². The van der Waals surface area contributed by atoms with Gasteiger partial charge in [-0.05, 0) is 18.6 Å². The molecule has 1 aromatic rings. The van der Waals surface area contributed by atoms with E-state index < -0.39 is 12.5 Å². The predicted molar refractivity (Wildman–Crippen MR) is 45.0 cm³/mol. The minimum absolute atomic E-state index is 0.215. The number of halogens is 3. The lowest BCUT2D eigenvalue weighted by molar-refractivity contribution is -0.00370. The number of hydrogen-bond donors (Lipinski definition) is 1. The summed E-state index contributed by atoms with van der Waals surface area (Å²) in [7, 11) is 0. The molecule has 1 N–H and O–H groups in total. The number of aliphatic hydroxyl groups excluding tert-OH is 1. The van der Waals surface area contributed by atoms with Gasteiger partial charge in [0.1, 0.15) is 6.10 Å². The molecule has 1 heterocycles. The molecule has 0 fully saturated rings. The number of aliphatic hydroxyl groups is 1. The maximum atomic E-state index is 12.0. The maximum Gasteiger partial charge on any atom is 0.269 e. The van der Waals surface area contributed by atoms with Gasteiger partial charge in [-0.25, -0.2) is 8.78 Å². The Morgan fingerprint density at radius 2 is 2.17 bits per heavy atom. The van der Waals surface area contributed by atoms with E-state index in [-0.39, 0.29) is 4.88 Å². The van der Waals surface area contributed by atoms with Crippen molar-refractivity contribution in [2.24, 2.45) is 0 Å². The number of thiophene rings is 1. The van der Waals surface area contributed by atoms with Crippen LogP contribution < -0.4 is 0 Å². The highest BCUT2D eigenvalue weighted by molar-refractivity contribution is 7.16. The number of hydrogen-bond acceptors (Lipinski definition) is 2. The Hall–Kier alpha value is -0.190. The SMILES string of the molecule is Cc1cc(C(O)C(F)F)sc1Cl. The minimum Gasteiger partial charge on any atom is -0.382 e. The third-order valence-electron chi connectivity index (χ3n) is 1.41. The second-order valence-corrected chi connectivity index (χ2v) is 4.07. The van der Waals surface area contributed by atoms with Crippen LogP contribution in [0.5, 0.6) is 0 Å². The first-order chi connectivity index (χ1) is 5.52. The first kappa shape index (κ1) is 9.89. The van der Waals surface area contributed by atoms with Gasteiger partial charge in [-0.3, -0.25) is 0 Å². The van der Waals surface area contributed by atoms with Crippen molar-refractivity contribution in [1.82, 2.24) is 0 Å². The Morgan fingerprint density at radius 3 is 2.50 bits per heavy atom. The molecule has 0 saturated heterocycles. The van der Waals surface area contributed by atoms with E-state index in [0.29, 0.717) is 4.34 Å². The molecule has 1 rings (SSSR count). The van der Waals surface area contributed by atoms with Crippen molar-refractivity contribution in [1.29, 1.82) is 0 Å². The molecule has 1 unspecified atom stereocenters. The molecule has 0 aliphatic rings. The zero-order chi connectivity index (χ0) is 9.30. The van der Waals surface area contributed by atoms with Gasteiger partial charge in [0, 0.05) is 4.88 Å². The quantitative estimate of drug-likeness (QED) is 0.799. The molecular formula is C7H7ClF2OS. The van der Waals surface area contributed by atoms with E-state index >= 15 is 0 Å². The highest BCUT2D eigenvalue weighted by Crippen LogP contribution is 2.33. The van der Waals surface area contributed by atoms with Crippen molar-refractivity contribution in [3.05, 3.63) is 20.8 Å². The Bertz CT molecular complexity index is 255. The molecule has 0 aliphatic heterocycles. The Kier molecular flexibility index (Phi) is 3.04. The van der Waals surface area contributed by atoms with Gasteiger partial charge >= 0.3 is 0 Å². The van der Waals surface area contributed by atoms with Crippen LogP contribution in [0.4, 0.5) is 8.78 Å². The zero-order valence-corrected chi connectivity index (χ0v) is 7.79. The van der Waals surface area contributed by atoms with Crippen LogP contribution in [0.3, 0.4) is 0 Å². The number of aryl methyl sites for hydroxylation is 1. The summed E-state index contributed by atoms with van der Waals surface area (Å²) in [6.07, 6.45) is -4.46. The van der Waals surface area contributed by atoms with Gasteiger partial charge in [0.25, 0.3) is 6.43 Å². The largest absolute Gasteiger partial charge is 0.382 e. The molecule has 0 bridgehead atoms. The molecule has 1 atom stereocenters. The zero-order valence-electron chi connectivity index (χ0n) is 6.22. The Morgan fingerprint density at radius 1 is 1.58 bits per heavy atom. The fraction of sp³-hybridized carbons (Fsp3) is 0.429. The lowest BCUT2D eigenvalue weighted by atomic mass is 10.2. The van der Waals surface area contributed by atoms with Gasteiger partial charge in [0.05, 0.1) is 4.34 Å². The smallest absolute Gasteiger partial charge is 0.269 e. The van der Waals surface area contributed by atoms with Gasteiger partial charge in [-0.2, -0.15) is 0 Å². The van der Waals surface area contributed by atoms with Crippen LogP contribution in [0.1, 0.15) is 16.5 Å². The normalized spacial score (nSPS) is 13.8.